The Balaban J connectivity index is 1.48. The second kappa shape index (κ2) is 9.12. The predicted octanol–water partition coefficient (Wildman–Crippen LogP) is 4.77. The molecule has 0 aliphatic carbocycles. The molecule has 32 heavy (non-hydrogen) atoms. The third kappa shape index (κ3) is 5.16. The fourth-order valence-corrected chi connectivity index (χ4v) is 5.05. The number of nitrogens with zero attached hydrogens (tertiary/aromatic N) is 3. The van der Waals surface area contributed by atoms with Crippen molar-refractivity contribution in [2.75, 3.05) is 28.0 Å². The Bertz CT molecular complexity index is 1210. The van der Waals surface area contributed by atoms with E-state index in [1.165, 1.54) is 31.4 Å². The number of hydrogen-bond donors (Lipinski definition) is 2. The first-order valence-corrected chi connectivity index (χ1v) is 12.1. The number of sulfonamides is 1. The van der Waals surface area contributed by atoms with Gasteiger partial charge in [-0.3, -0.25) is 4.72 Å². The summed E-state index contributed by atoms with van der Waals surface area (Å²) >= 11 is 0. The van der Waals surface area contributed by atoms with Gasteiger partial charge in [-0.25, -0.2) is 17.8 Å². The quantitative estimate of drug-likeness (QED) is 0.557. The Morgan fingerprint density at radius 3 is 2.28 bits per heavy atom. The average molecular weight is 456 g/mol. The highest BCUT2D eigenvalue weighted by molar-refractivity contribution is 7.92. The normalized spacial score (nSPS) is 14.3. The largest absolute Gasteiger partial charge is 0.356 e. The molecule has 1 aliphatic rings. The van der Waals surface area contributed by atoms with Gasteiger partial charge >= 0.3 is 0 Å². The molecule has 4 rings (SSSR count). The van der Waals surface area contributed by atoms with Crippen molar-refractivity contribution in [3.8, 4) is 0 Å². The summed E-state index contributed by atoms with van der Waals surface area (Å²) in [6.45, 7) is 5.50. The minimum Gasteiger partial charge on any atom is -0.356 e. The maximum atomic E-state index is 13.3. The lowest BCUT2D eigenvalue weighted by atomic mass is 10.1. The van der Waals surface area contributed by atoms with E-state index in [1.54, 1.807) is 31.2 Å². The topological polar surface area (TPSA) is 87.2 Å². The van der Waals surface area contributed by atoms with Gasteiger partial charge in [0.05, 0.1) is 4.90 Å². The van der Waals surface area contributed by atoms with Crippen molar-refractivity contribution in [2.24, 2.45) is 0 Å². The van der Waals surface area contributed by atoms with Gasteiger partial charge in [0.1, 0.15) is 11.6 Å². The number of aryl methyl sites for hydroxylation is 2. The van der Waals surface area contributed by atoms with Crippen LogP contribution in [0.1, 0.15) is 30.5 Å². The van der Waals surface area contributed by atoms with Crippen LogP contribution in [0.15, 0.2) is 53.4 Å². The van der Waals surface area contributed by atoms with Crippen LogP contribution in [0, 0.1) is 19.7 Å². The van der Waals surface area contributed by atoms with Crippen LogP contribution in [-0.4, -0.2) is 31.5 Å². The van der Waals surface area contributed by atoms with Crippen molar-refractivity contribution in [3.05, 3.63) is 65.6 Å². The lowest BCUT2D eigenvalue weighted by molar-refractivity contribution is 0.573. The van der Waals surface area contributed by atoms with Gasteiger partial charge in [-0.05, 0) is 81.1 Å². The summed E-state index contributed by atoms with van der Waals surface area (Å²) in [5.74, 6) is 0.943. The molecule has 9 heteroatoms. The van der Waals surface area contributed by atoms with Crippen LogP contribution < -0.4 is 14.9 Å². The van der Waals surface area contributed by atoms with Gasteiger partial charge in [0, 0.05) is 36.2 Å². The molecule has 0 bridgehead atoms. The second-order valence-electron chi connectivity index (χ2n) is 7.96. The van der Waals surface area contributed by atoms with Crippen LogP contribution in [0.5, 0.6) is 0 Å². The summed E-state index contributed by atoms with van der Waals surface area (Å²) in [7, 11) is -3.82. The maximum Gasteiger partial charge on any atom is 0.262 e. The van der Waals surface area contributed by atoms with Crippen molar-refractivity contribution < 1.29 is 12.8 Å². The number of hydrogen-bond acceptors (Lipinski definition) is 6. The van der Waals surface area contributed by atoms with E-state index in [4.69, 9.17) is 0 Å². The maximum absolute atomic E-state index is 13.3. The third-order valence-corrected chi connectivity index (χ3v) is 6.88. The van der Waals surface area contributed by atoms with E-state index in [1.807, 2.05) is 13.0 Å². The van der Waals surface area contributed by atoms with Gasteiger partial charge in [0.15, 0.2) is 0 Å². The highest BCUT2D eigenvalue weighted by Crippen LogP contribution is 2.24. The van der Waals surface area contributed by atoms with E-state index in [0.717, 1.165) is 36.4 Å². The first kappa shape index (κ1) is 22.0. The Morgan fingerprint density at radius 1 is 0.906 bits per heavy atom. The molecule has 1 aliphatic heterocycles. The van der Waals surface area contributed by atoms with Crippen LogP contribution in [0.2, 0.25) is 0 Å². The zero-order valence-electron chi connectivity index (χ0n) is 18.1. The number of nitrogens with one attached hydrogen (secondary N) is 2. The summed E-state index contributed by atoms with van der Waals surface area (Å²) in [6.07, 6.45) is 3.59. The Kier molecular flexibility index (Phi) is 6.27. The lowest BCUT2D eigenvalue weighted by Gasteiger charge is -2.28. The molecule has 1 aromatic heterocycles. The SMILES string of the molecule is Cc1cc(N2CCCCC2)nc(Nc2ccc(NS(=O)(=O)c3ccc(F)cc3C)cc2)n1. The molecule has 2 aromatic carbocycles. The van der Waals surface area contributed by atoms with E-state index in [9.17, 15) is 12.8 Å². The summed E-state index contributed by atoms with van der Waals surface area (Å²) < 4.78 is 41.2. The van der Waals surface area contributed by atoms with E-state index >= 15 is 0 Å². The van der Waals surface area contributed by atoms with Gasteiger partial charge in [0.2, 0.25) is 5.95 Å². The smallest absolute Gasteiger partial charge is 0.262 e. The second-order valence-corrected chi connectivity index (χ2v) is 9.61. The fourth-order valence-electron chi connectivity index (χ4n) is 3.77. The van der Waals surface area contributed by atoms with Crippen LogP contribution in [-0.2, 0) is 10.0 Å². The minimum absolute atomic E-state index is 0.0412. The standard InChI is InChI=1S/C23H26FN5O2S/c1-16-14-18(24)6-11-21(16)32(30,31)28-20-9-7-19(8-10-20)26-23-25-17(2)15-22(27-23)29-12-4-3-5-13-29/h6-11,14-15,28H,3-5,12-13H2,1-2H3,(H,25,26,27). The van der Waals surface area contributed by atoms with Crippen LogP contribution in [0.25, 0.3) is 0 Å². The van der Waals surface area contributed by atoms with Crippen molar-refractivity contribution in [3.63, 3.8) is 0 Å². The predicted molar refractivity (Wildman–Crippen MR) is 125 cm³/mol. The molecule has 0 unspecified atom stereocenters. The van der Waals surface area contributed by atoms with Gasteiger partial charge in [-0.1, -0.05) is 0 Å². The number of benzene rings is 2. The first-order chi connectivity index (χ1) is 15.3. The highest BCUT2D eigenvalue weighted by atomic mass is 32.2. The fraction of sp³-hybridized carbons (Fsp3) is 0.304. The molecule has 1 fully saturated rings. The third-order valence-electron chi connectivity index (χ3n) is 5.34. The molecule has 7 nitrogen and oxygen atoms in total. The van der Waals surface area contributed by atoms with Crippen molar-refractivity contribution in [1.29, 1.82) is 0 Å². The van der Waals surface area contributed by atoms with E-state index in [0.29, 0.717) is 17.2 Å². The summed E-state index contributed by atoms with van der Waals surface area (Å²) in [4.78, 5) is 11.4. The van der Waals surface area contributed by atoms with E-state index in [2.05, 4.69) is 24.9 Å². The van der Waals surface area contributed by atoms with Crippen LogP contribution in [0.4, 0.5) is 27.5 Å². The summed E-state index contributed by atoms with van der Waals surface area (Å²) in [6, 6.07) is 12.4. The number of aromatic nitrogens is 2. The molecule has 1 saturated heterocycles. The zero-order valence-corrected chi connectivity index (χ0v) is 18.9. The van der Waals surface area contributed by atoms with Gasteiger partial charge in [-0.15, -0.1) is 0 Å². The van der Waals surface area contributed by atoms with Gasteiger partial charge < -0.3 is 10.2 Å². The van der Waals surface area contributed by atoms with E-state index < -0.39 is 15.8 Å². The Labute approximate surface area is 187 Å². The first-order valence-electron chi connectivity index (χ1n) is 10.6. The molecule has 0 radical (unpaired) electrons. The van der Waals surface area contributed by atoms with Crippen LogP contribution >= 0.6 is 0 Å². The van der Waals surface area contributed by atoms with E-state index in [-0.39, 0.29) is 4.90 Å². The Hall–Kier alpha value is -3.20. The zero-order chi connectivity index (χ0) is 22.7. The molecule has 0 spiro atoms. The molecule has 2 N–H and O–H groups in total. The number of piperidine rings is 1. The molecule has 2 heterocycles. The number of halogens is 1. The molecule has 3 aromatic rings. The van der Waals surface area contributed by atoms with Crippen molar-refractivity contribution in [2.45, 2.75) is 38.0 Å². The highest BCUT2D eigenvalue weighted by Gasteiger charge is 2.18. The number of anilines is 4. The molecular weight excluding hydrogens is 429 g/mol. The number of rotatable bonds is 6. The monoisotopic (exact) mass is 455 g/mol. The molecular formula is C23H26FN5O2S. The molecule has 0 amide bonds. The van der Waals surface area contributed by atoms with Gasteiger partial charge in [0.25, 0.3) is 10.0 Å². The minimum atomic E-state index is -3.82. The lowest BCUT2D eigenvalue weighted by Crippen LogP contribution is -2.30. The van der Waals surface area contributed by atoms with Crippen LogP contribution in [0.3, 0.4) is 0 Å². The van der Waals surface area contributed by atoms with Gasteiger partial charge in [-0.2, -0.15) is 4.98 Å². The van der Waals surface area contributed by atoms with Crippen molar-refractivity contribution >= 4 is 33.2 Å². The Morgan fingerprint density at radius 2 is 1.59 bits per heavy atom. The summed E-state index contributed by atoms with van der Waals surface area (Å²) in [5.41, 5.74) is 2.36. The molecule has 0 saturated carbocycles. The molecule has 168 valence electrons. The summed E-state index contributed by atoms with van der Waals surface area (Å²) in [5, 5.41) is 3.19. The molecule has 0 atom stereocenters. The van der Waals surface area contributed by atoms with Crippen molar-refractivity contribution in [1.82, 2.24) is 9.97 Å². The average Bonchev–Trinajstić information content (AvgIpc) is 2.75.